The lowest BCUT2D eigenvalue weighted by atomic mass is 9.98. The molecule has 3 N–H and O–H groups in total. The van der Waals surface area contributed by atoms with Gasteiger partial charge in [-0.25, -0.2) is 4.98 Å². The molecule has 2 atom stereocenters. The summed E-state index contributed by atoms with van der Waals surface area (Å²) in [6.07, 6.45) is 0.905. The summed E-state index contributed by atoms with van der Waals surface area (Å²) in [5, 5.41) is 5.95. The van der Waals surface area contributed by atoms with E-state index in [4.69, 9.17) is 0 Å². The number of carbonyl (C=O) groups is 2. The number of aromatic amines is 1. The highest BCUT2D eigenvalue weighted by molar-refractivity contribution is 5.96. The van der Waals surface area contributed by atoms with E-state index in [1.807, 2.05) is 38.1 Å². The van der Waals surface area contributed by atoms with Gasteiger partial charge in [-0.2, -0.15) is 0 Å². The second-order valence-electron chi connectivity index (χ2n) is 7.70. The highest BCUT2D eigenvalue weighted by Crippen LogP contribution is 2.25. The Hall–Kier alpha value is -3.15. The number of nitrogens with one attached hydrogen (secondary N) is 3. The van der Waals surface area contributed by atoms with Crippen molar-refractivity contribution in [1.82, 2.24) is 15.3 Å². The topological polar surface area (TPSA) is 86.9 Å². The van der Waals surface area contributed by atoms with Gasteiger partial charge in [0.15, 0.2) is 0 Å². The zero-order valence-electron chi connectivity index (χ0n) is 17.3. The lowest BCUT2D eigenvalue weighted by Gasteiger charge is -2.22. The number of H-pyrrole nitrogens is 1. The van der Waals surface area contributed by atoms with Crippen LogP contribution in [0.1, 0.15) is 56.3 Å². The summed E-state index contributed by atoms with van der Waals surface area (Å²) in [5.74, 6) is 0.651. The molecule has 1 aromatic heterocycles. The molecule has 29 heavy (non-hydrogen) atoms. The summed E-state index contributed by atoms with van der Waals surface area (Å²) >= 11 is 0. The minimum absolute atomic E-state index is 0.0519. The van der Waals surface area contributed by atoms with Crippen LogP contribution in [0.5, 0.6) is 0 Å². The van der Waals surface area contributed by atoms with Gasteiger partial charge in [-0.1, -0.05) is 46.2 Å². The van der Waals surface area contributed by atoms with Crippen molar-refractivity contribution in [3.8, 4) is 0 Å². The SMILES string of the molecule is CCC(C)C(NC(=O)c1ccc(NC(=O)C(C)C)cc1)c1nc2ccccc2[nH]1. The fourth-order valence-electron chi connectivity index (χ4n) is 3.05. The second-order valence-corrected chi connectivity index (χ2v) is 7.70. The molecule has 0 spiro atoms. The van der Waals surface area contributed by atoms with E-state index in [1.54, 1.807) is 24.3 Å². The predicted octanol–water partition coefficient (Wildman–Crippen LogP) is 4.67. The molecule has 6 heteroatoms. The number of nitrogens with zero attached hydrogens (tertiary/aromatic N) is 1. The third kappa shape index (κ3) is 4.83. The second kappa shape index (κ2) is 8.90. The molecular formula is C23H28N4O2. The summed E-state index contributed by atoms with van der Waals surface area (Å²) in [7, 11) is 0. The van der Waals surface area contributed by atoms with Gasteiger partial charge in [0.25, 0.3) is 5.91 Å². The van der Waals surface area contributed by atoms with Crippen LogP contribution < -0.4 is 10.6 Å². The molecule has 0 aliphatic rings. The van der Waals surface area contributed by atoms with Gasteiger partial charge in [-0.05, 0) is 42.3 Å². The average Bonchev–Trinajstić information content (AvgIpc) is 3.15. The molecule has 0 radical (unpaired) electrons. The van der Waals surface area contributed by atoms with E-state index in [0.29, 0.717) is 11.3 Å². The molecule has 2 unspecified atom stereocenters. The Bertz CT molecular complexity index is 959. The van der Waals surface area contributed by atoms with Gasteiger partial charge >= 0.3 is 0 Å². The summed E-state index contributed by atoms with van der Waals surface area (Å²) in [6.45, 7) is 7.87. The Labute approximate surface area is 171 Å². The van der Waals surface area contributed by atoms with Crippen LogP contribution in [0, 0.1) is 11.8 Å². The number of anilines is 1. The number of imidazole rings is 1. The minimum Gasteiger partial charge on any atom is -0.342 e. The highest BCUT2D eigenvalue weighted by atomic mass is 16.2. The molecule has 2 aromatic carbocycles. The monoisotopic (exact) mass is 392 g/mol. The Morgan fingerprint density at radius 2 is 1.72 bits per heavy atom. The molecule has 0 aliphatic heterocycles. The normalized spacial score (nSPS) is 13.3. The van der Waals surface area contributed by atoms with Gasteiger partial charge in [0.2, 0.25) is 5.91 Å². The first kappa shape index (κ1) is 20.6. The standard InChI is InChI=1S/C23H28N4O2/c1-5-15(4)20(21-25-18-8-6-7-9-19(18)26-21)27-23(29)16-10-12-17(13-11-16)24-22(28)14(2)3/h6-15,20H,5H2,1-4H3,(H,24,28)(H,25,26)(H,27,29). The number of fused-ring (bicyclic) bond motifs is 1. The summed E-state index contributed by atoms with van der Waals surface area (Å²) in [6, 6.07) is 14.5. The van der Waals surface area contributed by atoms with Gasteiger partial charge in [0.1, 0.15) is 5.82 Å². The molecule has 152 valence electrons. The average molecular weight is 393 g/mol. The summed E-state index contributed by atoms with van der Waals surface area (Å²) in [4.78, 5) is 32.7. The van der Waals surface area contributed by atoms with Gasteiger partial charge in [0.05, 0.1) is 17.1 Å². The molecule has 1 heterocycles. The van der Waals surface area contributed by atoms with Crippen molar-refractivity contribution in [2.45, 2.75) is 40.2 Å². The van der Waals surface area contributed by atoms with Crippen molar-refractivity contribution < 1.29 is 9.59 Å². The smallest absolute Gasteiger partial charge is 0.251 e. The van der Waals surface area contributed by atoms with Crippen molar-refractivity contribution in [2.24, 2.45) is 11.8 Å². The first-order valence-electron chi connectivity index (χ1n) is 10.1. The van der Waals surface area contributed by atoms with Crippen molar-refractivity contribution in [1.29, 1.82) is 0 Å². The highest BCUT2D eigenvalue weighted by Gasteiger charge is 2.24. The largest absolute Gasteiger partial charge is 0.342 e. The number of para-hydroxylation sites is 2. The number of benzene rings is 2. The lowest BCUT2D eigenvalue weighted by Crippen LogP contribution is -2.33. The van der Waals surface area contributed by atoms with E-state index in [0.717, 1.165) is 23.3 Å². The van der Waals surface area contributed by atoms with Crippen LogP contribution in [-0.2, 0) is 4.79 Å². The number of hydrogen-bond acceptors (Lipinski definition) is 3. The minimum atomic E-state index is -0.222. The quantitative estimate of drug-likeness (QED) is 0.546. The van der Waals surface area contributed by atoms with E-state index in [9.17, 15) is 9.59 Å². The molecule has 3 rings (SSSR count). The number of hydrogen-bond donors (Lipinski definition) is 3. The van der Waals surface area contributed by atoms with Crippen LogP contribution in [0.25, 0.3) is 11.0 Å². The van der Waals surface area contributed by atoms with Crippen LogP contribution in [0.4, 0.5) is 5.69 Å². The molecule has 0 aliphatic carbocycles. The molecule has 0 fully saturated rings. The van der Waals surface area contributed by atoms with Crippen LogP contribution >= 0.6 is 0 Å². The molecule has 6 nitrogen and oxygen atoms in total. The zero-order chi connectivity index (χ0) is 21.0. The maximum absolute atomic E-state index is 12.9. The third-order valence-corrected chi connectivity index (χ3v) is 5.14. The first-order valence-corrected chi connectivity index (χ1v) is 10.1. The van der Waals surface area contributed by atoms with Crippen molar-refractivity contribution in [3.05, 3.63) is 59.9 Å². The Kier molecular flexibility index (Phi) is 6.32. The van der Waals surface area contributed by atoms with Gasteiger partial charge in [-0.3, -0.25) is 9.59 Å². The molecule has 2 amide bonds. The predicted molar refractivity (Wildman–Crippen MR) is 116 cm³/mol. The molecular weight excluding hydrogens is 364 g/mol. The van der Waals surface area contributed by atoms with Gasteiger partial charge in [-0.15, -0.1) is 0 Å². The van der Waals surface area contributed by atoms with Gasteiger partial charge < -0.3 is 15.6 Å². The van der Waals surface area contributed by atoms with Crippen molar-refractivity contribution in [2.75, 3.05) is 5.32 Å². The van der Waals surface area contributed by atoms with Crippen molar-refractivity contribution in [3.63, 3.8) is 0 Å². The molecule has 0 saturated carbocycles. The molecule has 0 bridgehead atoms. The third-order valence-electron chi connectivity index (χ3n) is 5.14. The lowest BCUT2D eigenvalue weighted by molar-refractivity contribution is -0.118. The van der Waals surface area contributed by atoms with E-state index in [2.05, 4.69) is 34.4 Å². The zero-order valence-corrected chi connectivity index (χ0v) is 17.3. The molecule has 0 saturated heterocycles. The Morgan fingerprint density at radius 1 is 1.03 bits per heavy atom. The summed E-state index contributed by atoms with van der Waals surface area (Å²) in [5.41, 5.74) is 3.05. The van der Waals surface area contributed by atoms with E-state index >= 15 is 0 Å². The maximum atomic E-state index is 12.9. The summed E-state index contributed by atoms with van der Waals surface area (Å²) < 4.78 is 0. The number of carbonyl (C=O) groups excluding carboxylic acids is 2. The van der Waals surface area contributed by atoms with E-state index < -0.39 is 0 Å². The number of rotatable bonds is 7. The first-order chi connectivity index (χ1) is 13.9. The van der Waals surface area contributed by atoms with E-state index in [1.165, 1.54) is 0 Å². The maximum Gasteiger partial charge on any atom is 0.251 e. The van der Waals surface area contributed by atoms with Crippen LogP contribution in [0.2, 0.25) is 0 Å². The Morgan fingerprint density at radius 3 is 2.34 bits per heavy atom. The number of amides is 2. The number of aromatic nitrogens is 2. The van der Waals surface area contributed by atoms with E-state index in [-0.39, 0.29) is 29.7 Å². The van der Waals surface area contributed by atoms with Crippen LogP contribution in [0.15, 0.2) is 48.5 Å². The van der Waals surface area contributed by atoms with Crippen molar-refractivity contribution >= 4 is 28.5 Å². The molecule has 3 aromatic rings. The van der Waals surface area contributed by atoms with Crippen LogP contribution in [0.3, 0.4) is 0 Å². The van der Waals surface area contributed by atoms with Crippen LogP contribution in [-0.4, -0.2) is 21.8 Å². The fourth-order valence-corrected chi connectivity index (χ4v) is 3.05. The Balaban J connectivity index is 1.77. The van der Waals surface area contributed by atoms with Gasteiger partial charge in [0, 0.05) is 17.2 Å². The fraction of sp³-hybridized carbons (Fsp3) is 0.348.